The second-order valence-electron chi connectivity index (χ2n) is 5.34. The van der Waals surface area contributed by atoms with E-state index in [0.717, 1.165) is 24.1 Å². The van der Waals surface area contributed by atoms with Gasteiger partial charge in [-0.15, -0.1) is 0 Å². The quantitative estimate of drug-likeness (QED) is 0.832. The van der Waals surface area contributed by atoms with Gasteiger partial charge in [0, 0.05) is 25.7 Å². The maximum Gasteiger partial charge on any atom is 0.217 e. The second kappa shape index (κ2) is 5.06. The van der Waals surface area contributed by atoms with Crippen LogP contribution in [0.3, 0.4) is 0 Å². The van der Waals surface area contributed by atoms with Crippen molar-refractivity contribution in [3.05, 3.63) is 29.6 Å². The lowest BCUT2D eigenvalue weighted by atomic mass is 10.1. The largest absolute Gasteiger partial charge is 0.352 e. The third-order valence-electron chi connectivity index (χ3n) is 3.17. The first-order chi connectivity index (χ1) is 8.52. The van der Waals surface area contributed by atoms with Crippen molar-refractivity contribution in [3.63, 3.8) is 0 Å². The number of hydrogen-bond acceptors (Lipinski definition) is 3. The average Bonchev–Trinajstić information content (AvgIpc) is 3.07. The van der Waals surface area contributed by atoms with Crippen LogP contribution in [-0.4, -0.2) is 16.9 Å². The minimum Gasteiger partial charge on any atom is -0.352 e. The van der Waals surface area contributed by atoms with Gasteiger partial charge in [0.25, 0.3) is 0 Å². The molecule has 1 aromatic heterocycles. The van der Waals surface area contributed by atoms with Crippen molar-refractivity contribution in [3.8, 4) is 0 Å². The molecule has 0 unspecified atom stereocenters. The summed E-state index contributed by atoms with van der Waals surface area (Å²) >= 11 is 0. The minimum absolute atomic E-state index is 0.00481. The molecular formula is C14H21N3O. The second-order valence-corrected chi connectivity index (χ2v) is 5.34. The molecule has 4 nitrogen and oxygen atoms in total. The molecule has 18 heavy (non-hydrogen) atoms. The standard InChI is InChI=1S/C14H21N3O/c1-10(2)17-14(5-6-14)13-8-12(4-7-15-13)9-16-11(3)18/h4,7-8,10,17H,5-6,9H2,1-3H3,(H,16,18). The van der Waals surface area contributed by atoms with Crippen LogP contribution in [0.15, 0.2) is 18.3 Å². The lowest BCUT2D eigenvalue weighted by molar-refractivity contribution is -0.119. The molecule has 1 aliphatic rings. The van der Waals surface area contributed by atoms with Crippen LogP contribution in [0.25, 0.3) is 0 Å². The summed E-state index contributed by atoms with van der Waals surface area (Å²) < 4.78 is 0. The monoisotopic (exact) mass is 247 g/mol. The van der Waals surface area contributed by atoms with Crippen LogP contribution < -0.4 is 10.6 Å². The fourth-order valence-corrected chi connectivity index (χ4v) is 2.22. The maximum absolute atomic E-state index is 10.9. The van der Waals surface area contributed by atoms with Gasteiger partial charge in [-0.2, -0.15) is 0 Å². The summed E-state index contributed by atoms with van der Waals surface area (Å²) in [7, 11) is 0. The Labute approximate surface area is 108 Å². The molecule has 1 heterocycles. The van der Waals surface area contributed by atoms with Crippen LogP contribution in [0.1, 0.15) is 44.9 Å². The van der Waals surface area contributed by atoms with Crippen LogP contribution in [0.2, 0.25) is 0 Å². The van der Waals surface area contributed by atoms with Gasteiger partial charge in [-0.05, 0) is 44.4 Å². The Balaban J connectivity index is 2.10. The Kier molecular flexibility index (Phi) is 3.66. The Morgan fingerprint density at radius 1 is 1.50 bits per heavy atom. The number of carbonyl (C=O) groups excluding carboxylic acids is 1. The van der Waals surface area contributed by atoms with Crippen molar-refractivity contribution in [1.82, 2.24) is 15.6 Å². The summed E-state index contributed by atoms with van der Waals surface area (Å²) in [5.74, 6) is -0.00481. The van der Waals surface area contributed by atoms with Gasteiger partial charge >= 0.3 is 0 Å². The van der Waals surface area contributed by atoms with Crippen LogP contribution in [0.5, 0.6) is 0 Å². The number of amides is 1. The smallest absolute Gasteiger partial charge is 0.217 e. The van der Waals surface area contributed by atoms with Gasteiger partial charge in [-0.1, -0.05) is 0 Å². The van der Waals surface area contributed by atoms with E-state index in [1.165, 1.54) is 6.92 Å². The molecule has 2 rings (SSSR count). The van der Waals surface area contributed by atoms with E-state index in [2.05, 4.69) is 35.5 Å². The highest BCUT2D eigenvalue weighted by Gasteiger charge is 2.45. The van der Waals surface area contributed by atoms with E-state index in [4.69, 9.17) is 0 Å². The first-order valence-corrected chi connectivity index (χ1v) is 6.49. The minimum atomic E-state index is -0.00481. The zero-order valence-corrected chi connectivity index (χ0v) is 11.3. The van der Waals surface area contributed by atoms with Crippen molar-refractivity contribution in [2.24, 2.45) is 0 Å². The van der Waals surface area contributed by atoms with E-state index >= 15 is 0 Å². The predicted octanol–water partition coefficient (Wildman–Crippen LogP) is 1.70. The van der Waals surface area contributed by atoms with Gasteiger partial charge in [-0.25, -0.2) is 0 Å². The van der Waals surface area contributed by atoms with Gasteiger partial charge < -0.3 is 10.6 Å². The molecule has 1 aliphatic carbocycles. The van der Waals surface area contributed by atoms with Crippen molar-refractivity contribution in [2.45, 2.75) is 51.7 Å². The van der Waals surface area contributed by atoms with E-state index in [1.54, 1.807) is 0 Å². The topological polar surface area (TPSA) is 54.0 Å². The van der Waals surface area contributed by atoms with Crippen LogP contribution in [0, 0.1) is 0 Å². The Morgan fingerprint density at radius 3 is 2.78 bits per heavy atom. The lowest BCUT2D eigenvalue weighted by Gasteiger charge is -2.20. The first-order valence-electron chi connectivity index (χ1n) is 6.49. The Hall–Kier alpha value is -1.42. The highest BCUT2D eigenvalue weighted by Crippen LogP contribution is 2.45. The van der Waals surface area contributed by atoms with E-state index in [9.17, 15) is 4.79 Å². The molecular weight excluding hydrogens is 226 g/mol. The molecule has 1 amide bonds. The van der Waals surface area contributed by atoms with Crippen molar-refractivity contribution >= 4 is 5.91 Å². The molecule has 0 saturated heterocycles. The SMILES string of the molecule is CC(=O)NCc1ccnc(C2(NC(C)C)CC2)c1. The summed E-state index contributed by atoms with van der Waals surface area (Å²) in [5.41, 5.74) is 2.27. The molecule has 1 saturated carbocycles. The van der Waals surface area contributed by atoms with Crippen molar-refractivity contribution in [1.29, 1.82) is 0 Å². The highest BCUT2D eigenvalue weighted by molar-refractivity contribution is 5.72. The molecule has 1 aromatic rings. The van der Waals surface area contributed by atoms with Crippen LogP contribution in [-0.2, 0) is 16.9 Å². The summed E-state index contributed by atoms with van der Waals surface area (Å²) in [5, 5.41) is 6.40. The molecule has 0 radical (unpaired) electrons. The summed E-state index contributed by atoms with van der Waals surface area (Å²) in [4.78, 5) is 15.4. The molecule has 0 spiro atoms. The molecule has 0 aliphatic heterocycles. The zero-order chi connectivity index (χ0) is 13.2. The number of nitrogens with zero attached hydrogens (tertiary/aromatic N) is 1. The van der Waals surface area contributed by atoms with E-state index in [0.29, 0.717) is 12.6 Å². The van der Waals surface area contributed by atoms with E-state index < -0.39 is 0 Å². The van der Waals surface area contributed by atoms with Crippen LogP contribution in [0.4, 0.5) is 0 Å². The molecule has 2 N–H and O–H groups in total. The average molecular weight is 247 g/mol. The first kappa shape index (κ1) is 13.0. The van der Waals surface area contributed by atoms with Crippen molar-refractivity contribution < 1.29 is 4.79 Å². The summed E-state index contributed by atoms with van der Waals surface area (Å²) in [6.07, 6.45) is 4.11. The number of carbonyl (C=O) groups is 1. The van der Waals surface area contributed by atoms with Crippen LogP contribution >= 0.6 is 0 Å². The fraction of sp³-hybridized carbons (Fsp3) is 0.571. The maximum atomic E-state index is 10.9. The van der Waals surface area contributed by atoms with E-state index in [1.807, 2.05) is 12.3 Å². The molecule has 0 atom stereocenters. The van der Waals surface area contributed by atoms with Gasteiger partial charge in [0.15, 0.2) is 0 Å². The third-order valence-corrected chi connectivity index (χ3v) is 3.17. The van der Waals surface area contributed by atoms with Crippen molar-refractivity contribution in [2.75, 3.05) is 0 Å². The predicted molar refractivity (Wildman–Crippen MR) is 70.9 cm³/mol. The number of hydrogen-bond donors (Lipinski definition) is 2. The molecule has 98 valence electrons. The normalized spacial score (nSPS) is 16.7. The Bertz CT molecular complexity index is 438. The summed E-state index contributed by atoms with van der Waals surface area (Å²) in [6, 6.07) is 4.50. The highest BCUT2D eigenvalue weighted by atomic mass is 16.1. The number of nitrogens with one attached hydrogen (secondary N) is 2. The molecule has 0 aromatic carbocycles. The lowest BCUT2D eigenvalue weighted by Crippen LogP contribution is -2.35. The summed E-state index contributed by atoms with van der Waals surface area (Å²) in [6.45, 7) is 6.41. The molecule has 1 fully saturated rings. The fourth-order valence-electron chi connectivity index (χ4n) is 2.22. The zero-order valence-electron chi connectivity index (χ0n) is 11.3. The number of aromatic nitrogens is 1. The Morgan fingerprint density at radius 2 is 2.22 bits per heavy atom. The van der Waals surface area contributed by atoms with Gasteiger partial charge in [0.2, 0.25) is 5.91 Å². The van der Waals surface area contributed by atoms with Gasteiger partial charge in [-0.3, -0.25) is 9.78 Å². The molecule has 0 bridgehead atoms. The third kappa shape index (κ3) is 3.07. The van der Waals surface area contributed by atoms with Gasteiger partial charge in [0.1, 0.15) is 0 Å². The molecule has 4 heteroatoms. The number of rotatable bonds is 5. The van der Waals surface area contributed by atoms with Gasteiger partial charge in [0.05, 0.1) is 11.2 Å². The number of pyridine rings is 1. The van der Waals surface area contributed by atoms with E-state index in [-0.39, 0.29) is 11.4 Å².